The predicted octanol–water partition coefficient (Wildman–Crippen LogP) is 3.99. The van der Waals surface area contributed by atoms with E-state index < -0.39 is 10.0 Å². The first-order valence-electron chi connectivity index (χ1n) is 9.04. The van der Waals surface area contributed by atoms with Crippen LogP contribution in [0.15, 0.2) is 59.5 Å². The largest absolute Gasteiger partial charge is 0.308 e. The average molecular weight is 415 g/mol. The zero-order valence-electron chi connectivity index (χ0n) is 15.3. The molecular formula is C21H19ClN2O3S. The molecule has 0 aromatic heterocycles. The molecule has 1 heterocycles. The number of halogens is 1. The fourth-order valence-electron chi connectivity index (χ4n) is 3.67. The summed E-state index contributed by atoms with van der Waals surface area (Å²) in [5, 5.41) is 1.87. The van der Waals surface area contributed by atoms with Crippen LogP contribution in [0.25, 0.3) is 10.8 Å². The van der Waals surface area contributed by atoms with Crippen molar-refractivity contribution in [2.75, 3.05) is 18.0 Å². The monoisotopic (exact) mass is 414 g/mol. The van der Waals surface area contributed by atoms with Crippen LogP contribution in [-0.4, -0.2) is 27.4 Å². The van der Waals surface area contributed by atoms with Gasteiger partial charge in [-0.05, 0) is 43.2 Å². The Bertz CT molecular complexity index is 1190. The van der Waals surface area contributed by atoms with Gasteiger partial charge in [0.15, 0.2) is 0 Å². The SMILES string of the molecule is CCN1C(=O)c2cccc3c(S(=O)(=O)NCCc4ccccc4Cl)ccc1c23. The van der Waals surface area contributed by atoms with Crippen LogP contribution in [0.2, 0.25) is 5.02 Å². The van der Waals surface area contributed by atoms with E-state index in [4.69, 9.17) is 11.6 Å². The van der Waals surface area contributed by atoms with Gasteiger partial charge in [0.2, 0.25) is 10.0 Å². The van der Waals surface area contributed by atoms with E-state index in [2.05, 4.69) is 4.72 Å². The fourth-order valence-corrected chi connectivity index (χ4v) is 5.13. The number of amides is 1. The van der Waals surface area contributed by atoms with Crippen LogP contribution < -0.4 is 9.62 Å². The minimum atomic E-state index is -3.74. The standard InChI is InChI=1S/C21H19ClN2O3S/c1-2-24-18-10-11-19(15-7-5-8-16(20(15)18)21(24)25)28(26,27)23-13-12-14-6-3-4-9-17(14)22/h3-11,23H,2,12-13H2,1H3. The highest BCUT2D eigenvalue weighted by molar-refractivity contribution is 7.89. The van der Waals surface area contributed by atoms with Gasteiger partial charge < -0.3 is 4.90 Å². The molecule has 3 aromatic rings. The summed E-state index contributed by atoms with van der Waals surface area (Å²) in [6, 6.07) is 15.9. The molecule has 0 fully saturated rings. The summed E-state index contributed by atoms with van der Waals surface area (Å²) < 4.78 is 28.6. The minimum Gasteiger partial charge on any atom is -0.308 e. The van der Waals surface area contributed by atoms with Crippen LogP contribution in [0.1, 0.15) is 22.8 Å². The van der Waals surface area contributed by atoms with E-state index in [1.165, 1.54) is 0 Å². The molecule has 28 heavy (non-hydrogen) atoms. The van der Waals surface area contributed by atoms with E-state index in [9.17, 15) is 13.2 Å². The molecule has 0 spiro atoms. The molecule has 0 saturated heterocycles. The van der Waals surface area contributed by atoms with Gasteiger partial charge in [-0.25, -0.2) is 13.1 Å². The molecule has 0 saturated carbocycles. The van der Waals surface area contributed by atoms with Crippen LogP contribution in [0.4, 0.5) is 5.69 Å². The second kappa shape index (κ2) is 7.20. The third-order valence-electron chi connectivity index (χ3n) is 4.99. The Kier molecular flexibility index (Phi) is 4.87. The first kappa shape index (κ1) is 18.9. The second-order valence-electron chi connectivity index (χ2n) is 6.60. The Labute approximate surface area is 169 Å². The molecule has 5 nitrogen and oxygen atoms in total. The summed E-state index contributed by atoms with van der Waals surface area (Å²) in [5.41, 5.74) is 2.19. The molecule has 144 valence electrons. The van der Waals surface area contributed by atoms with Gasteiger partial charge in [-0.3, -0.25) is 4.79 Å². The molecule has 1 N–H and O–H groups in total. The van der Waals surface area contributed by atoms with Gasteiger partial charge in [-0.2, -0.15) is 0 Å². The highest BCUT2D eigenvalue weighted by atomic mass is 35.5. The number of nitrogens with zero attached hydrogens (tertiary/aromatic N) is 1. The molecule has 3 aromatic carbocycles. The summed E-state index contributed by atoms with van der Waals surface area (Å²) in [6.07, 6.45) is 0.488. The van der Waals surface area contributed by atoms with Gasteiger partial charge in [0, 0.05) is 34.4 Å². The summed E-state index contributed by atoms with van der Waals surface area (Å²) in [6.45, 7) is 2.66. The van der Waals surface area contributed by atoms with Gasteiger partial charge in [0.1, 0.15) is 0 Å². The third kappa shape index (κ3) is 3.07. The van der Waals surface area contributed by atoms with Crippen LogP contribution in [0, 0.1) is 0 Å². The lowest BCUT2D eigenvalue weighted by atomic mass is 10.1. The molecule has 0 bridgehead atoms. The van der Waals surface area contributed by atoms with Gasteiger partial charge in [0.25, 0.3) is 5.91 Å². The third-order valence-corrected chi connectivity index (χ3v) is 6.88. The number of benzene rings is 3. The molecule has 0 unspecified atom stereocenters. The lowest BCUT2D eigenvalue weighted by Gasteiger charge is -2.15. The van der Waals surface area contributed by atoms with Crippen molar-refractivity contribution in [2.45, 2.75) is 18.2 Å². The highest BCUT2D eigenvalue weighted by Gasteiger charge is 2.31. The number of anilines is 1. The lowest BCUT2D eigenvalue weighted by Crippen LogP contribution is -2.26. The molecule has 4 rings (SSSR count). The molecule has 1 aliphatic heterocycles. The Morgan fingerprint density at radius 3 is 2.57 bits per heavy atom. The quantitative estimate of drug-likeness (QED) is 0.663. The van der Waals surface area contributed by atoms with E-state index in [-0.39, 0.29) is 17.3 Å². The lowest BCUT2D eigenvalue weighted by molar-refractivity contribution is 0.0994. The smallest absolute Gasteiger partial charge is 0.258 e. The Balaban J connectivity index is 1.67. The van der Waals surface area contributed by atoms with E-state index in [1.54, 1.807) is 41.3 Å². The second-order valence-corrected chi connectivity index (χ2v) is 8.74. The molecule has 0 radical (unpaired) electrons. The van der Waals surface area contributed by atoms with Crippen LogP contribution in [0.5, 0.6) is 0 Å². The summed E-state index contributed by atoms with van der Waals surface area (Å²) in [5.74, 6) is -0.0932. The number of carbonyl (C=O) groups excluding carboxylic acids is 1. The van der Waals surface area contributed by atoms with Crippen molar-refractivity contribution in [2.24, 2.45) is 0 Å². The van der Waals surface area contributed by atoms with Crippen molar-refractivity contribution < 1.29 is 13.2 Å². The van der Waals surface area contributed by atoms with Crippen LogP contribution >= 0.6 is 11.6 Å². The summed E-state index contributed by atoms with van der Waals surface area (Å²) in [7, 11) is -3.74. The van der Waals surface area contributed by atoms with Gasteiger partial charge >= 0.3 is 0 Å². The molecule has 0 aliphatic carbocycles. The number of nitrogens with one attached hydrogen (secondary N) is 1. The highest BCUT2D eigenvalue weighted by Crippen LogP contribution is 2.39. The van der Waals surface area contributed by atoms with Crippen molar-refractivity contribution >= 4 is 44.0 Å². The maximum absolute atomic E-state index is 13.0. The molecule has 0 atom stereocenters. The number of carbonyl (C=O) groups is 1. The Morgan fingerprint density at radius 1 is 1.04 bits per heavy atom. The number of sulfonamides is 1. The number of hydrogen-bond acceptors (Lipinski definition) is 3. The van der Waals surface area contributed by atoms with Gasteiger partial charge in [-0.1, -0.05) is 41.9 Å². The van der Waals surface area contributed by atoms with Crippen molar-refractivity contribution in [3.8, 4) is 0 Å². The predicted molar refractivity (Wildman–Crippen MR) is 112 cm³/mol. The molecule has 7 heteroatoms. The summed E-state index contributed by atoms with van der Waals surface area (Å²) >= 11 is 6.14. The number of hydrogen-bond donors (Lipinski definition) is 1. The van der Waals surface area contributed by atoms with Crippen LogP contribution in [-0.2, 0) is 16.4 Å². The van der Waals surface area contributed by atoms with E-state index in [0.717, 1.165) is 11.3 Å². The van der Waals surface area contributed by atoms with Crippen molar-refractivity contribution in [3.05, 3.63) is 70.7 Å². The maximum atomic E-state index is 13.0. The number of rotatable bonds is 6. The maximum Gasteiger partial charge on any atom is 0.258 e. The molecule has 1 aliphatic rings. The minimum absolute atomic E-state index is 0.0932. The van der Waals surface area contributed by atoms with Crippen molar-refractivity contribution in [3.63, 3.8) is 0 Å². The fraction of sp³-hybridized carbons (Fsp3) is 0.190. The zero-order chi connectivity index (χ0) is 19.9. The van der Waals surface area contributed by atoms with E-state index in [1.807, 2.05) is 25.1 Å². The normalized spacial score (nSPS) is 13.5. The van der Waals surface area contributed by atoms with Crippen molar-refractivity contribution in [1.82, 2.24) is 4.72 Å². The van der Waals surface area contributed by atoms with Gasteiger partial charge in [0.05, 0.1) is 10.6 Å². The summed E-state index contributed by atoms with van der Waals surface area (Å²) in [4.78, 5) is 14.4. The Hall–Kier alpha value is -2.41. The van der Waals surface area contributed by atoms with Crippen molar-refractivity contribution in [1.29, 1.82) is 0 Å². The molecule has 1 amide bonds. The van der Waals surface area contributed by atoms with E-state index >= 15 is 0 Å². The first-order valence-corrected chi connectivity index (χ1v) is 10.9. The van der Waals surface area contributed by atoms with E-state index in [0.29, 0.717) is 34.3 Å². The zero-order valence-corrected chi connectivity index (χ0v) is 16.8. The average Bonchev–Trinajstić information content (AvgIpc) is 2.96. The molecular weight excluding hydrogens is 396 g/mol. The Morgan fingerprint density at radius 2 is 1.82 bits per heavy atom. The van der Waals surface area contributed by atoms with Gasteiger partial charge in [-0.15, -0.1) is 0 Å². The first-order chi connectivity index (χ1) is 13.4. The van der Waals surface area contributed by atoms with Crippen LogP contribution in [0.3, 0.4) is 0 Å². The topological polar surface area (TPSA) is 66.5 Å².